The molecule has 4 nitrogen and oxygen atoms in total. The molecule has 0 spiro atoms. The smallest absolute Gasteiger partial charge is 0.277 e. The summed E-state index contributed by atoms with van der Waals surface area (Å²) in [6, 6.07) is 16.6. The van der Waals surface area contributed by atoms with Gasteiger partial charge in [0.05, 0.1) is 0 Å². The quantitative estimate of drug-likeness (QED) is 0.944. The number of hydrogen-bond acceptors (Lipinski definition) is 3. The van der Waals surface area contributed by atoms with Crippen LogP contribution in [-0.2, 0) is 5.72 Å². The molecule has 0 aromatic heterocycles. The largest absolute Gasteiger partial charge is 0.365 e. The highest BCUT2D eigenvalue weighted by Gasteiger charge is 2.45. The average Bonchev–Trinajstić information content (AvgIpc) is 2.94. The van der Waals surface area contributed by atoms with E-state index in [0.717, 1.165) is 11.3 Å². The fraction of sp³-hybridized carbons (Fsp3) is 0.263. The summed E-state index contributed by atoms with van der Waals surface area (Å²) in [7, 11) is 0. The van der Waals surface area contributed by atoms with Crippen LogP contribution in [0.4, 0.5) is 0 Å². The molecule has 0 saturated heterocycles. The van der Waals surface area contributed by atoms with Crippen LogP contribution < -0.4 is 0 Å². The monoisotopic (exact) mass is 308 g/mol. The molecular formula is C19H20N2O2. The van der Waals surface area contributed by atoms with E-state index in [1.807, 2.05) is 62.4 Å². The summed E-state index contributed by atoms with van der Waals surface area (Å²) in [5, 5.41) is 16.9. The number of nitrogens with zero attached hydrogens (tertiary/aromatic N) is 2. The lowest BCUT2D eigenvalue weighted by molar-refractivity contribution is -0.0765. The number of carbonyl (C=O) groups is 1. The van der Waals surface area contributed by atoms with Crippen LogP contribution in [0.3, 0.4) is 0 Å². The lowest BCUT2D eigenvalue weighted by Gasteiger charge is -2.31. The summed E-state index contributed by atoms with van der Waals surface area (Å²) in [5.74, 6) is -0.280. The average molecular weight is 308 g/mol. The van der Waals surface area contributed by atoms with Gasteiger partial charge in [0.2, 0.25) is 0 Å². The Morgan fingerprint density at radius 3 is 2.48 bits per heavy atom. The molecule has 4 heteroatoms. The van der Waals surface area contributed by atoms with Crippen molar-refractivity contribution in [2.24, 2.45) is 5.10 Å². The molecule has 0 saturated carbocycles. The molecule has 0 radical (unpaired) electrons. The summed E-state index contributed by atoms with van der Waals surface area (Å²) in [6.07, 6.45) is 1.04. The molecule has 1 N–H and O–H groups in total. The van der Waals surface area contributed by atoms with Crippen molar-refractivity contribution in [2.75, 3.05) is 0 Å². The van der Waals surface area contributed by atoms with Crippen molar-refractivity contribution < 1.29 is 9.90 Å². The Labute approximate surface area is 136 Å². The molecule has 3 rings (SSSR count). The van der Waals surface area contributed by atoms with Gasteiger partial charge in [0.15, 0.2) is 5.72 Å². The maximum absolute atomic E-state index is 13.0. The van der Waals surface area contributed by atoms with E-state index in [1.165, 1.54) is 5.01 Å². The van der Waals surface area contributed by atoms with Crippen molar-refractivity contribution in [2.45, 2.75) is 32.4 Å². The van der Waals surface area contributed by atoms with Gasteiger partial charge in [-0.3, -0.25) is 4.79 Å². The summed E-state index contributed by atoms with van der Waals surface area (Å²) >= 11 is 0. The first kappa shape index (κ1) is 15.4. The summed E-state index contributed by atoms with van der Waals surface area (Å²) < 4.78 is 0. The van der Waals surface area contributed by atoms with E-state index in [2.05, 4.69) is 5.10 Å². The molecule has 0 bridgehead atoms. The fourth-order valence-corrected chi connectivity index (χ4v) is 2.88. The van der Waals surface area contributed by atoms with Crippen LogP contribution in [-0.4, -0.2) is 21.7 Å². The highest BCUT2D eigenvalue weighted by atomic mass is 16.3. The van der Waals surface area contributed by atoms with Crippen LogP contribution in [0.2, 0.25) is 0 Å². The van der Waals surface area contributed by atoms with E-state index >= 15 is 0 Å². The zero-order valence-corrected chi connectivity index (χ0v) is 13.4. The van der Waals surface area contributed by atoms with Crippen LogP contribution in [0.5, 0.6) is 0 Å². The molecule has 1 amide bonds. The minimum absolute atomic E-state index is 0.280. The van der Waals surface area contributed by atoms with E-state index in [1.54, 1.807) is 6.07 Å². The zero-order chi connectivity index (χ0) is 16.4. The second kappa shape index (κ2) is 5.97. The van der Waals surface area contributed by atoms with Crippen LogP contribution in [0.1, 0.15) is 41.3 Å². The van der Waals surface area contributed by atoms with Gasteiger partial charge in [0.1, 0.15) is 0 Å². The van der Waals surface area contributed by atoms with Crippen molar-refractivity contribution in [3.05, 3.63) is 71.3 Å². The Kier molecular flexibility index (Phi) is 4.01. The molecule has 2 aromatic carbocycles. The predicted molar refractivity (Wildman–Crippen MR) is 90.0 cm³/mol. The third-order valence-corrected chi connectivity index (χ3v) is 4.25. The third kappa shape index (κ3) is 2.66. The lowest BCUT2D eigenvalue weighted by Crippen LogP contribution is -2.43. The highest BCUT2D eigenvalue weighted by molar-refractivity contribution is 5.99. The first-order valence-electron chi connectivity index (χ1n) is 7.80. The number of aliphatic hydroxyl groups is 1. The Morgan fingerprint density at radius 2 is 1.83 bits per heavy atom. The lowest BCUT2D eigenvalue weighted by atomic mass is 9.96. The standard InChI is InChI=1S/C19H20N2O2/c1-3-16-13-19(23,15-10-5-4-6-11-15)21(20-16)18(22)17-12-8-7-9-14(17)2/h4-12,23H,3,13H2,1-2H3/t19-/m1/s1. The number of rotatable bonds is 3. The molecule has 118 valence electrons. The second-order valence-corrected chi connectivity index (χ2v) is 5.81. The number of carbonyl (C=O) groups excluding carboxylic acids is 1. The van der Waals surface area contributed by atoms with Crippen molar-refractivity contribution >= 4 is 11.6 Å². The number of benzene rings is 2. The Bertz CT molecular complexity index is 755. The van der Waals surface area contributed by atoms with Gasteiger partial charge >= 0.3 is 0 Å². The summed E-state index contributed by atoms with van der Waals surface area (Å²) in [5.41, 5.74) is 1.50. The van der Waals surface area contributed by atoms with E-state index in [9.17, 15) is 9.90 Å². The van der Waals surface area contributed by atoms with Crippen molar-refractivity contribution in [1.82, 2.24) is 5.01 Å². The van der Waals surface area contributed by atoms with Gasteiger partial charge in [0, 0.05) is 23.3 Å². The van der Waals surface area contributed by atoms with Gasteiger partial charge in [-0.05, 0) is 25.0 Å². The molecule has 1 aliphatic rings. The maximum Gasteiger partial charge on any atom is 0.277 e. The Balaban J connectivity index is 2.05. The van der Waals surface area contributed by atoms with Crippen LogP contribution in [0.15, 0.2) is 59.7 Å². The normalized spacial score (nSPS) is 20.5. The number of hydrogen-bond donors (Lipinski definition) is 1. The highest BCUT2D eigenvalue weighted by Crippen LogP contribution is 2.37. The first-order valence-corrected chi connectivity index (χ1v) is 7.80. The first-order chi connectivity index (χ1) is 11.1. The minimum atomic E-state index is -1.42. The van der Waals surface area contributed by atoms with Crippen LogP contribution >= 0.6 is 0 Å². The van der Waals surface area contributed by atoms with Gasteiger partial charge < -0.3 is 5.11 Å². The fourth-order valence-electron chi connectivity index (χ4n) is 2.88. The molecule has 2 aromatic rings. The van der Waals surface area contributed by atoms with Crippen LogP contribution in [0, 0.1) is 6.92 Å². The number of aryl methyl sites for hydroxylation is 1. The predicted octanol–water partition coefficient (Wildman–Crippen LogP) is 3.45. The molecule has 0 unspecified atom stereocenters. The van der Waals surface area contributed by atoms with E-state index in [4.69, 9.17) is 0 Å². The molecular weight excluding hydrogens is 288 g/mol. The molecule has 0 fully saturated rings. The molecule has 23 heavy (non-hydrogen) atoms. The Hall–Kier alpha value is -2.46. The zero-order valence-electron chi connectivity index (χ0n) is 13.4. The van der Waals surface area contributed by atoms with E-state index < -0.39 is 5.72 Å². The SMILES string of the molecule is CCC1=NN(C(=O)c2ccccc2C)[C@](O)(c2ccccc2)C1. The van der Waals surface area contributed by atoms with E-state index in [0.29, 0.717) is 24.0 Å². The van der Waals surface area contributed by atoms with Gasteiger partial charge in [-0.25, -0.2) is 0 Å². The maximum atomic E-state index is 13.0. The molecule has 1 atom stereocenters. The van der Waals surface area contributed by atoms with E-state index in [-0.39, 0.29) is 5.91 Å². The van der Waals surface area contributed by atoms with Crippen molar-refractivity contribution in [3.8, 4) is 0 Å². The van der Waals surface area contributed by atoms with Crippen LogP contribution in [0.25, 0.3) is 0 Å². The number of hydrazone groups is 1. The van der Waals surface area contributed by atoms with Gasteiger partial charge in [-0.2, -0.15) is 10.1 Å². The second-order valence-electron chi connectivity index (χ2n) is 5.81. The van der Waals surface area contributed by atoms with Gasteiger partial charge in [0.25, 0.3) is 5.91 Å². The summed E-state index contributed by atoms with van der Waals surface area (Å²) in [4.78, 5) is 13.0. The van der Waals surface area contributed by atoms with Gasteiger partial charge in [-0.15, -0.1) is 0 Å². The summed E-state index contributed by atoms with van der Waals surface area (Å²) in [6.45, 7) is 3.86. The minimum Gasteiger partial charge on any atom is -0.365 e. The molecule has 1 aliphatic heterocycles. The Morgan fingerprint density at radius 1 is 1.17 bits per heavy atom. The van der Waals surface area contributed by atoms with Crippen molar-refractivity contribution in [1.29, 1.82) is 0 Å². The van der Waals surface area contributed by atoms with Crippen molar-refractivity contribution in [3.63, 3.8) is 0 Å². The molecule has 0 aliphatic carbocycles. The molecule has 1 heterocycles. The van der Waals surface area contributed by atoms with Gasteiger partial charge in [-0.1, -0.05) is 55.5 Å². The topological polar surface area (TPSA) is 52.9 Å². The number of amides is 1. The third-order valence-electron chi connectivity index (χ3n) is 4.25.